The molecule has 0 aliphatic carbocycles. The third-order valence-electron chi connectivity index (χ3n) is 3.79. The molecule has 3 N–H and O–H groups in total. The van der Waals surface area contributed by atoms with Gasteiger partial charge in [-0.05, 0) is 25.0 Å². The Balaban J connectivity index is 1.54. The minimum atomic E-state index is -0.377. The molecule has 1 fully saturated rings. The van der Waals surface area contributed by atoms with E-state index in [0.29, 0.717) is 13.1 Å². The molecular formula is C16H20N4O2. The van der Waals surface area contributed by atoms with Crippen molar-refractivity contribution in [3.8, 4) is 5.69 Å². The first-order valence-electron chi connectivity index (χ1n) is 7.48. The largest absolute Gasteiger partial charge is 0.364 e. The molecule has 6 heteroatoms. The Bertz CT molecular complexity index is 626. The minimum absolute atomic E-state index is 0.0107. The van der Waals surface area contributed by atoms with E-state index >= 15 is 0 Å². The van der Waals surface area contributed by atoms with Crippen molar-refractivity contribution >= 4 is 5.91 Å². The zero-order chi connectivity index (χ0) is 15.4. The molecule has 1 aromatic heterocycles. The summed E-state index contributed by atoms with van der Waals surface area (Å²) < 4.78 is 7.37. The van der Waals surface area contributed by atoms with Crippen LogP contribution in [0.5, 0.6) is 0 Å². The zero-order valence-electron chi connectivity index (χ0n) is 12.3. The summed E-state index contributed by atoms with van der Waals surface area (Å²) in [6, 6.07) is 9.85. The lowest BCUT2D eigenvalue weighted by Crippen LogP contribution is -2.35. The number of ether oxygens (including phenoxy) is 1. The topological polar surface area (TPSA) is 82.2 Å². The highest BCUT2D eigenvalue weighted by molar-refractivity contribution is 5.81. The summed E-state index contributed by atoms with van der Waals surface area (Å²) in [5.41, 5.74) is 7.49. The van der Waals surface area contributed by atoms with E-state index in [1.54, 1.807) is 10.9 Å². The van der Waals surface area contributed by atoms with Crippen LogP contribution in [0.4, 0.5) is 0 Å². The van der Waals surface area contributed by atoms with Crippen LogP contribution >= 0.6 is 0 Å². The molecule has 0 spiro atoms. The van der Waals surface area contributed by atoms with Gasteiger partial charge in [0.1, 0.15) is 6.10 Å². The average molecular weight is 300 g/mol. The number of hydrogen-bond donors (Lipinski definition) is 2. The Labute approximate surface area is 129 Å². The maximum absolute atomic E-state index is 12.1. The fourth-order valence-electron chi connectivity index (χ4n) is 2.55. The molecule has 1 aliphatic heterocycles. The molecule has 2 aromatic rings. The Hall–Kier alpha value is -2.18. The van der Waals surface area contributed by atoms with Gasteiger partial charge in [-0.25, -0.2) is 4.68 Å². The van der Waals surface area contributed by atoms with Crippen LogP contribution in [-0.4, -0.2) is 34.4 Å². The molecule has 3 rings (SSSR count). The molecule has 1 saturated heterocycles. The lowest BCUT2D eigenvalue weighted by Gasteiger charge is -2.12. The van der Waals surface area contributed by atoms with Crippen molar-refractivity contribution in [2.45, 2.75) is 31.6 Å². The van der Waals surface area contributed by atoms with Gasteiger partial charge < -0.3 is 15.8 Å². The Kier molecular flexibility index (Phi) is 4.50. The number of nitrogens with zero attached hydrogens (tertiary/aromatic N) is 2. The van der Waals surface area contributed by atoms with Crippen LogP contribution in [0, 0.1) is 0 Å². The molecule has 0 unspecified atom stereocenters. The summed E-state index contributed by atoms with van der Waals surface area (Å²) in [6.45, 7) is 0.909. The highest BCUT2D eigenvalue weighted by Crippen LogP contribution is 2.19. The molecule has 6 nitrogen and oxygen atoms in total. The molecule has 0 bridgehead atoms. The molecule has 1 aromatic carbocycles. The highest BCUT2D eigenvalue weighted by Gasteiger charge is 2.29. The smallest absolute Gasteiger partial charge is 0.249 e. The molecular weight excluding hydrogens is 280 g/mol. The fourth-order valence-corrected chi connectivity index (χ4v) is 2.55. The number of para-hydroxylation sites is 1. The summed E-state index contributed by atoms with van der Waals surface area (Å²) in [4.78, 5) is 12.1. The summed E-state index contributed by atoms with van der Waals surface area (Å²) >= 11 is 0. The maximum Gasteiger partial charge on any atom is 0.249 e. The molecule has 2 atom stereocenters. The van der Waals surface area contributed by atoms with Gasteiger partial charge in [0.15, 0.2) is 0 Å². The van der Waals surface area contributed by atoms with Gasteiger partial charge >= 0.3 is 0 Å². The first-order chi connectivity index (χ1) is 10.8. The average Bonchev–Trinajstić information content (AvgIpc) is 3.22. The third-order valence-corrected chi connectivity index (χ3v) is 3.79. The van der Waals surface area contributed by atoms with E-state index in [2.05, 4.69) is 10.4 Å². The van der Waals surface area contributed by atoms with E-state index < -0.39 is 0 Å². The van der Waals surface area contributed by atoms with E-state index in [9.17, 15) is 4.79 Å². The predicted molar refractivity (Wildman–Crippen MR) is 82.4 cm³/mol. The van der Waals surface area contributed by atoms with Crippen molar-refractivity contribution in [3.05, 3.63) is 48.3 Å². The van der Waals surface area contributed by atoms with Crippen molar-refractivity contribution in [1.29, 1.82) is 0 Å². The van der Waals surface area contributed by atoms with E-state index in [-0.39, 0.29) is 18.1 Å². The molecule has 1 amide bonds. The number of carbonyl (C=O) groups excluding carboxylic acids is 1. The van der Waals surface area contributed by atoms with Gasteiger partial charge in [-0.2, -0.15) is 5.10 Å². The molecule has 0 radical (unpaired) electrons. The van der Waals surface area contributed by atoms with Gasteiger partial charge in [0.25, 0.3) is 0 Å². The maximum atomic E-state index is 12.1. The molecule has 1 aliphatic rings. The standard InChI is InChI=1S/C16H20N4O2/c17-8-14-6-7-15(22-14)16(21)18-9-12-10-19-20(11-12)13-4-2-1-3-5-13/h1-5,10-11,14-15H,6-9,17H2,(H,18,21)/t14-,15+/m1/s1. The Morgan fingerprint density at radius 1 is 1.36 bits per heavy atom. The van der Waals surface area contributed by atoms with Crippen LogP contribution in [0.3, 0.4) is 0 Å². The molecule has 2 heterocycles. The van der Waals surface area contributed by atoms with E-state index in [1.165, 1.54) is 0 Å². The van der Waals surface area contributed by atoms with Gasteiger partial charge in [-0.1, -0.05) is 18.2 Å². The van der Waals surface area contributed by atoms with Crippen LogP contribution in [0.15, 0.2) is 42.7 Å². The number of nitrogens with two attached hydrogens (primary N) is 1. The highest BCUT2D eigenvalue weighted by atomic mass is 16.5. The van der Waals surface area contributed by atoms with Crippen LogP contribution in [0.2, 0.25) is 0 Å². The van der Waals surface area contributed by atoms with Crippen molar-refractivity contribution < 1.29 is 9.53 Å². The monoisotopic (exact) mass is 300 g/mol. The Morgan fingerprint density at radius 3 is 2.91 bits per heavy atom. The second kappa shape index (κ2) is 6.72. The van der Waals surface area contributed by atoms with E-state index in [4.69, 9.17) is 10.5 Å². The van der Waals surface area contributed by atoms with Crippen molar-refractivity contribution in [3.63, 3.8) is 0 Å². The number of benzene rings is 1. The zero-order valence-corrected chi connectivity index (χ0v) is 12.3. The first-order valence-corrected chi connectivity index (χ1v) is 7.48. The summed E-state index contributed by atoms with van der Waals surface area (Å²) in [5, 5.41) is 7.20. The second-order valence-corrected chi connectivity index (χ2v) is 5.41. The molecule has 22 heavy (non-hydrogen) atoms. The number of aromatic nitrogens is 2. The Morgan fingerprint density at radius 2 is 2.18 bits per heavy atom. The second-order valence-electron chi connectivity index (χ2n) is 5.41. The minimum Gasteiger partial charge on any atom is -0.364 e. The van der Waals surface area contributed by atoms with Crippen molar-refractivity contribution in [2.24, 2.45) is 5.73 Å². The van der Waals surface area contributed by atoms with Gasteiger partial charge in [-0.3, -0.25) is 4.79 Å². The lowest BCUT2D eigenvalue weighted by atomic mass is 10.2. The van der Waals surface area contributed by atoms with Gasteiger partial charge in [0.2, 0.25) is 5.91 Å². The fraction of sp³-hybridized carbons (Fsp3) is 0.375. The first kappa shape index (κ1) is 14.7. The number of rotatable bonds is 5. The van der Waals surface area contributed by atoms with Gasteiger partial charge in [-0.15, -0.1) is 0 Å². The quantitative estimate of drug-likeness (QED) is 0.863. The van der Waals surface area contributed by atoms with Crippen molar-refractivity contribution in [2.75, 3.05) is 6.54 Å². The van der Waals surface area contributed by atoms with Crippen LogP contribution < -0.4 is 11.1 Å². The van der Waals surface area contributed by atoms with Crippen LogP contribution in [-0.2, 0) is 16.1 Å². The van der Waals surface area contributed by atoms with Crippen LogP contribution in [0.25, 0.3) is 5.69 Å². The van der Waals surface area contributed by atoms with E-state index in [0.717, 1.165) is 24.1 Å². The molecule has 0 saturated carbocycles. The predicted octanol–water partition coefficient (Wildman–Crippen LogP) is 0.995. The summed E-state index contributed by atoms with van der Waals surface area (Å²) in [6.07, 6.45) is 4.88. The number of carbonyl (C=O) groups is 1. The normalized spacial score (nSPS) is 21.0. The molecule has 116 valence electrons. The third kappa shape index (κ3) is 3.35. The SMILES string of the molecule is NC[C@H]1CC[C@@H](C(=O)NCc2cnn(-c3ccccc3)c2)O1. The van der Waals surface area contributed by atoms with Crippen molar-refractivity contribution in [1.82, 2.24) is 15.1 Å². The van der Waals surface area contributed by atoms with Crippen LogP contribution in [0.1, 0.15) is 18.4 Å². The number of amides is 1. The lowest BCUT2D eigenvalue weighted by molar-refractivity contribution is -0.132. The van der Waals surface area contributed by atoms with E-state index in [1.807, 2.05) is 36.5 Å². The summed E-state index contributed by atoms with van der Waals surface area (Å²) in [5.74, 6) is -0.0802. The summed E-state index contributed by atoms with van der Waals surface area (Å²) in [7, 11) is 0. The number of nitrogens with one attached hydrogen (secondary N) is 1. The van der Waals surface area contributed by atoms with Gasteiger partial charge in [0, 0.05) is 24.8 Å². The van der Waals surface area contributed by atoms with Gasteiger partial charge in [0.05, 0.1) is 18.0 Å². The number of hydrogen-bond acceptors (Lipinski definition) is 4.